The molecule has 0 rings (SSSR count). The van der Waals surface area contributed by atoms with Crippen LogP contribution in [0.1, 0.15) is 20.8 Å². The van der Waals surface area contributed by atoms with Crippen LogP contribution in [0.15, 0.2) is 0 Å². The number of nitrogens with zero attached hydrogens (tertiary/aromatic N) is 1. The lowest BCUT2D eigenvalue weighted by atomic mass is 10.3. The number of hydrogen-bond donors (Lipinski definition) is 0. The summed E-state index contributed by atoms with van der Waals surface area (Å²) in [5, 5.41) is 0.433. The van der Waals surface area contributed by atoms with Gasteiger partial charge in [-0.2, -0.15) is 0 Å². The average Bonchev–Trinajstić information content (AvgIpc) is 1.80. The fourth-order valence-electron chi connectivity index (χ4n) is 1.29. The molecule has 1 nitrogen and oxygen atoms in total. The van der Waals surface area contributed by atoms with Crippen molar-refractivity contribution < 1.29 is 0 Å². The van der Waals surface area contributed by atoms with Gasteiger partial charge in [0.05, 0.1) is 0 Å². The van der Waals surface area contributed by atoms with Gasteiger partial charge in [0.1, 0.15) is 0 Å². The Kier molecular flexibility index (Phi) is 11.7. The third-order valence-electron chi connectivity index (χ3n) is 1.53. The number of alkyl halides is 3. The van der Waals surface area contributed by atoms with Crippen molar-refractivity contribution in [1.82, 2.24) is 4.90 Å². The highest BCUT2D eigenvalue weighted by Crippen LogP contribution is 2.06. The second-order valence-corrected chi connectivity index (χ2v) is 5.80. The fraction of sp³-hybridized carbons (Fsp3) is 1.00. The zero-order valence-electron chi connectivity index (χ0n) is 8.84. The van der Waals surface area contributed by atoms with Crippen LogP contribution in [0.2, 0.25) is 0 Å². The Balaban J connectivity index is 0. The molecular formula is C9H19Cl4N. The Morgan fingerprint density at radius 3 is 1.14 bits per heavy atom. The molecule has 88 valence electrons. The number of halogens is 4. The molecule has 5 heteroatoms. The summed E-state index contributed by atoms with van der Waals surface area (Å²) < 4.78 is 0. The molecule has 0 aliphatic rings. The van der Waals surface area contributed by atoms with Crippen LogP contribution in [0.25, 0.3) is 0 Å². The van der Waals surface area contributed by atoms with Crippen LogP contribution in [-0.2, 0) is 0 Å². The molecule has 0 aromatic heterocycles. The molecule has 0 spiro atoms. The van der Waals surface area contributed by atoms with Gasteiger partial charge in [-0.3, -0.25) is 4.90 Å². The Morgan fingerprint density at radius 2 is 1.00 bits per heavy atom. The van der Waals surface area contributed by atoms with Crippen molar-refractivity contribution in [2.24, 2.45) is 0 Å². The lowest BCUT2D eigenvalue weighted by molar-refractivity contribution is 0.281. The molecular weight excluding hydrogens is 264 g/mol. The first kappa shape index (κ1) is 17.5. The van der Waals surface area contributed by atoms with Crippen LogP contribution in [0.3, 0.4) is 0 Å². The lowest BCUT2D eigenvalue weighted by Gasteiger charge is -2.25. The fourth-order valence-corrected chi connectivity index (χ4v) is 1.88. The molecule has 0 bridgehead atoms. The van der Waals surface area contributed by atoms with Gasteiger partial charge in [-0.15, -0.1) is 47.2 Å². The molecule has 0 heterocycles. The molecule has 0 aliphatic carbocycles. The summed E-state index contributed by atoms with van der Waals surface area (Å²) in [6.07, 6.45) is 0. The maximum atomic E-state index is 5.91. The normalized spacial score (nSPS) is 17.4. The third kappa shape index (κ3) is 11.2. The summed E-state index contributed by atoms with van der Waals surface area (Å²) in [7, 11) is 0. The molecule has 0 saturated carbocycles. The van der Waals surface area contributed by atoms with Gasteiger partial charge in [0, 0.05) is 35.8 Å². The van der Waals surface area contributed by atoms with Gasteiger partial charge < -0.3 is 0 Å². The Bertz CT molecular complexity index is 104. The SMILES string of the molecule is CC(Cl)CN(CC(C)Cl)CC(C)Cl.Cl. The highest BCUT2D eigenvalue weighted by molar-refractivity contribution is 6.21. The second-order valence-electron chi connectivity index (χ2n) is 3.56. The summed E-state index contributed by atoms with van der Waals surface area (Å²) in [5.41, 5.74) is 0. The van der Waals surface area contributed by atoms with E-state index in [-0.39, 0.29) is 28.5 Å². The van der Waals surface area contributed by atoms with Gasteiger partial charge in [-0.25, -0.2) is 0 Å². The van der Waals surface area contributed by atoms with E-state index in [9.17, 15) is 0 Å². The first-order valence-corrected chi connectivity index (χ1v) is 5.87. The summed E-state index contributed by atoms with van der Waals surface area (Å²) >= 11 is 17.7. The Hall–Kier alpha value is 1.12. The van der Waals surface area contributed by atoms with Gasteiger partial charge in [0.2, 0.25) is 0 Å². The predicted molar refractivity (Wildman–Crippen MR) is 69.6 cm³/mol. The Morgan fingerprint density at radius 1 is 0.786 bits per heavy atom. The van der Waals surface area contributed by atoms with Crippen molar-refractivity contribution in [3.05, 3.63) is 0 Å². The van der Waals surface area contributed by atoms with Crippen molar-refractivity contribution in [2.45, 2.75) is 36.9 Å². The monoisotopic (exact) mass is 281 g/mol. The molecule has 3 atom stereocenters. The van der Waals surface area contributed by atoms with Crippen molar-refractivity contribution in [1.29, 1.82) is 0 Å². The van der Waals surface area contributed by atoms with E-state index in [0.717, 1.165) is 19.6 Å². The maximum Gasteiger partial charge on any atom is 0.0435 e. The van der Waals surface area contributed by atoms with Crippen molar-refractivity contribution in [3.8, 4) is 0 Å². The van der Waals surface area contributed by atoms with E-state index < -0.39 is 0 Å². The molecule has 0 fully saturated rings. The first-order valence-electron chi connectivity index (χ1n) is 4.56. The Labute approximate surface area is 108 Å². The summed E-state index contributed by atoms with van der Waals surface area (Å²) in [5.74, 6) is 0. The van der Waals surface area contributed by atoms with E-state index in [1.54, 1.807) is 0 Å². The van der Waals surface area contributed by atoms with Crippen molar-refractivity contribution in [2.75, 3.05) is 19.6 Å². The van der Waals surface area contributed by atoms with Crippen molar-refractivity contribution >= 4 is 47.2 Å². The largest absolute Gasteiger partial charge is 0.299 e. The molecule has 0 aromatic carbocycles. The van der Waals surface area contributed by atoms with Gasteiger partial charge in [0.25, 0.3) is 0 Å². The van der Waals surface area contributed by atoms with Crippen molar-refractivity contribution in [3.63, 3.8) is 0 Å². The third-order valence-corrected chi connectivity index (χ3v) is 1.94. The molecule has 0 amide bonds. The number of hydrogen-bond acceptors (Lipinski definition) is 1. The van der Waals surface area contributed by atoms with Crippen LogP contribution >= 0.6 is 47.2 Å². The highest BCUT2D eigenvalue weighted by atomic mass is 35.5. The zero-order chi connectivity index (χ0) is 10.4. The van der Waals surface area contributed by atoms with E-state index in [4.69, 9.17) is 34.8 Å². The average molecular weight is 283 g/mol. The van der Waals surface area contributed by atoms with Crippen LogP contribution in [0.4, 0.5) is 0 Å². The molecule has 0 aliphatic heterocycles. The zero-order valence-corrected chi connectivity index (χ0v) is 11.9. The van der Waals surface area contributed by atoms with Gasteiger partial charge >= 0.3 is 0 Å². The minimum Gasteiger partial charge on any atom is -0.299 e. The van der Waals surface area contributed by atoms with Gasteiger partial charge in [-0.05, 0) is 20.8 Å². The molecule has 0 N–H and O–H groups in total. The predicted octanol–water partition coefficient (Wildman–Crippen LogP) is 3.59. The standard InChI is InChI=1S/C9H18Cl3N.ClH/c1-7(10)4-13(5-8(2)11)6-9(3)12;/h7-9H,4-6H2,1-3H3;1H. The smallest absolute Gasteiger partial charge is 0.0435 e. The quantitative estimate of drug-likeness (QED) is 0.673. The molecule has 3 unspecified atom stereocenters. The van der Waals surface area contributed by atoms with E-state index in [1.165, 1.54) is 0 Å². The van der Waals surface area contributed by atoms with E-state index in [1.807, 2.05) is 20.8 Å². The van der Waals surface area contributed by atoms with Crippen LogP contribution < -0.4 is 0 Å². The second kappa shape index (κ2) is 9.35. The van der Waals surface area contributed by atoms with Gasteiger partial charge in [-0.1, -0.05) is 0 Å². The van der Waals surface area contributed by atoms with Crippen LogP contribution in [-0.4, -0.2) is 40.7 Å². The minimum absolute atomic E-state index is 0. The molecule has 0 saturated heterocycles. The van der Waals surface area contributed by atoms with Crippen LogP contribution in [0.5, 0.6) is 0 Å². The maximum absolute atomic E-state index is 5.91. The summed E-state index contributed by atoms with van der Waals surface area (Å²) in [6, 6.07) is 0. The van der Waals surface area contributed by atoms with E-state index in [2.05, 4.69) is 4.90 Å². The van der Waals surface area contributed by atoms with E-state index in [0.29, 0.717) is 0 Å². The molecule has 0 aromatic rings. The first-order chi connectivity index (χ1) is 5.91. The highest BCUT2D eigenvalue weighted by Gasteiger charge is 2.12. The minimum atomic E-state index is 0. The van der Waals surface area contributed by atoms with E-state index >= 15 is 0 Å². The number of rotatable bonds is 6. The molecule has 14 heavy (non-hydrogen) atoms. The summed E-state index contributed by atoms with van der Waals surface area (Å²) in [4.78, 5) is 2.20. The lowest BCUT2D eigenvalue weighted by Crippen LogP contribution is -2.36. The topological polar surface area (TPSA) is 3.24 Å². The van der Waals surface area contributed by atoms with Crippen LogP contribution in [0, 0.1) is 0 Å². The summed E-state index contributed by atoms with van der Waals surface area (Å²) in [6.45, 7) is 8.46. The molecule has 0 radical (unpaired) electrons. The van der Waals surface area contributed by atoms with Gasteiger partial charge in [0.15, 0.2) is 0 Å².